The predicted molar refractivity (Wildman–Crippen MR) is 94.3 cm³/mol. The number of nitrogens with zero attached hydrogens (tertiary/aromatic N) is 4. The van der Waals surface area contributed by atoms with Gasteiger partial charge in [0.2, 0.25) is 0 Å². The van der Waals surface area contributed by atoms with Crippen LogP contribution in [0.25, 0.3) is 10.2 Å². The standard InChI is InChI=1S/C18H18N4OS/c1-12-9-20-15(10-19-12)18(23)22-8-4-5-13(11-22)17-21-14-6-2-3-7-16(14)24-17/h2-3,6-7,9-10,13H,4-5,8,11H2,1H3/t13-/m0/s1. The maximum atomic E-state index is 12.7. The molecule has 122 valence electrons. The number of para-hydroxylation sites is 1. The number of fused-ring (bicyclic) bond motifs is 1. The smallest absolute Gasteiger partial charge is 0.274 e. The molecule has 0 radical (unpaired) electrons. The lowest BCUT2D eigenvalue weighted by atomic mass is 9.98. The van der Waals surface area contributed by atoms with Gasteiger partial charge in [-0.05, 0) is 31.9 Å². The molecule has 0 N–H and O–H groups in total. The first-order valence-corrected chi connectivity index (χ1v) is 8.96. The molecule has 3 heterocycles. The lowest BCUT2D eigenvalue weighted by Crippen LogP contribution is -2.39. The molecule has 0 aliphatic carbocycles. The Balaban J connectivity index is 1.54. The topological polar surface area (TPSA) is 59.0 Å². The summed E-state index contributed by atoms with van der Waals surface area (Å²) in [5.41, 5.74) is 2.29. The Bertz CT molecular complexity index is 841. The van der Waals surface area contributed by atoms with Gasteiger partial charge < -0.3 is 4.90 Å². The van der Waals surface area contributed by atoms with E-state index in [0.29, 0.717) is 18.2 Å². The van der Waals surface area contributed by atoms with E-state index >= 15 is 0 Å². The van der Waals surface area contributed by atoms with Crippen LogP contribution < -0.4 is 0 Å². The average Bonchev–Trinajstić information content (AvgIpc) is 3.06. The molecular weight excluding hydrogens is 320 g/mol. The number of amides is 1. The molecule has 0 bridgehead atoms. The number of hydrogen-bond acceptors (Lipinski definition) is 5. The van der Waals surface area contributed by atoms with Gasteiger partial charge in [-0.3, -0.25) is 9.78 Å². The monoisotopic (exact) mass is 338 g/mol. The van der Waals surface area contributed by atoms with Gasteiger partial charge in [0, 0.05) is 25.2 Å². The molecule has 24 heavy (non-hydrogen) atoms. The van der Waals surface area contributed by atoms with Crippen molar-refractivity contribution in [2.45, 2.75) is 25.7 Å². The molecule has 5 nitrogen and oxygen atoms in total. The van der Waals surface area contributed by atoms with E-state index in [2.05, 4.69) is 16.0 Å². The third kappa shape index (κ3) is 2.89. The maximum Gasteiger partial charge on any atom is 0.274 e. The number of aryl methyl sites for hydroxylation is 1. The van der Waals surface area contributed by atoms with E-state index in [1.54, 1.807) is 23.7 Å². The predicted octanol–water partition coefficient (Wildman–Crippen LogP) is 3.41. The molecule has 1 saturated heterocycles. The number of aromatic nitrogens is 3. The van der Waals surface area contributed by atoms with Gasteiger partial charge in [0.15, 0.2) is 0 Å². The molecule has 4 rings (SSSR count). The largest absolute Gasteiger partial charge is 0.337 e. The minimum Gasteiger partial charge on any atom is -0.337 e. The van der Waals surface area contributed by atoms with E-state index in [4.69, 9.17) is 4.98 Å². The second kappa shape index (κ2) is 6.28. The van der Waals surface area contributed by atoms with Gasteiger partial charge in [-0.2, -0.15) is 0 Å². The first-order valence-electron chi connectivity index (χ1n) is 8.14. The third-order valence-corrected chi connectivity index (χ3v) is 5.57. The summed E-state index contributed by atoms with van der Waals surface area (Å²) in [6.07, 6.45) is 5.27. The zero-order chi connectivity index (χ0) is 16.5. The summed E-state index contributed by atoms with van der Waals surface area (Å²) in [5, 5.41) is 1.13. The van der Waals surface area contributed by atoms with Crippen LogP contribution >= 0.6 is 11.3 Å². The molecule has 1 aliphatic rings. The van der Waals surface area contributed by atoms with Crippen LogP contribution in [0.2, 0.25) is 0 Å². The highest BCUT2D eigenvalue weighted by Crippen LogP contribution is 2.33. The molecule has 0 spiro atoms. The summed E-state index contributed by atoms with van der Waals surface area (Å²) in [5.74, 6) is 0.270. The second-order valence-corrected chi connectivity index (χ2v) is 7.22. The Morgan fingerprint density at radius 2 is 2.12 bits per heavy atom. The van der Waals surface area contributed by atoms with Crippen molar-refractivity contribution in [1.82, 2.24) is 19.9 Å². The number of carbonyl (C=O) groups is 1. The van der Waals surface area contributed by atoms with Crippen molar-refractivity contribution in [3.63, 3.8) is 0 Å². The number of carbonyl (C=O) groups excluding carboxylic acids is 1. The van der Waals surface area contributed by atoms with Crippen molar-refractivity contribution >= 4 is 27.5 Å². The van der Waals surface area contributed by atoms with E-state index in [1.165, 1.54) is 4.70 Å². The molecule has 1 amide bonds. The zero-order valence-electron chi connectivity index (χ0n) is 13.5. The number of benzene rings is 1. The number of thiazole rings is 1. The fourth-order valence-corrected chi connectivity index (χ4v) is 4.19. The van der Waals surface area contributed by atoms with Gasteiger partial charge >= 0.3 is 0 Å². The Labute approximate surface area is 144 Å². The Kier molecular flexibility index (Phi) is 3.98. The fraction of sp³-hybridized carbons (Fsp3) is 0.333. The second-order valence-electron chi connectivity index (χ2n) is 6.15. The van der Waals surface area contributed by atoms with Crippen molar-refractivity contribution in [2.75, 3.05) is 13.1 Å². The van der Waals surface area contributed by atoms with Gasteiger partial charge in [-0.25, -0.2) is 9.97 Å². The van der Waals surface area contributed by atoms with Gasteiger partial charge in [-0.15, -0.1) is 11.3 Å². The van der Waals surface area contributed by atoms with Crippen LogP contribution in [0.4, 0.5) is 0 Å². The van der Waals surface area contributed by atoms with Crippen LogP contribution in [0, 0.1) is 6.92 Å². The molecule has 1 aromatic carbocycles. The average molecular weight is 338 g/mol. The van der Waals surface area contributed by atoms with Crippen molar-refractivity contribution in [3.05, 3.63) is 53.1 Å². The minimum absolute atomic E-state index is 0.0340. The fourth-order valence-electron chi connectivity index (χ4n) is 3.09. The minimum atomic E-state index is -0.0340. The summed E-state index contributed by atoms with van der Waals surface area (Å²) in [4.78, 5) is 27.7. The molecule has 0 saturated carbocycles. The lowest BCUT2D eigenvalue weighted by molar-refractivity contribution is 0.0700. The molecule has 6 heteroatoms. The van der Waals surface area contributed by atoms with Crippen LogP contribution in [-0.4, -0.2) is 38.8 Å². The first kappa shape index (κ1) is 15.2. The van der Waals surface area contributed by atoms with Crippen LogP contribution in [0.1, 0.15) is 39.9 Å². The zero-order valence-corrected chi connectivity index (χ0v) is 14.3. The number of likely N-dealkylation sites (tertiary alicyclic amines) is 1. The highest BCUT2D eigenvalue weighted by molar-refractivity contribution is 7.18. The van der Waals surface area contributed by atoms with E-state index in [9.17, 15) is 4.79 Å². The summed E-state index contributed by atoms with van der Waals surface area (Å²) >= 11 is 1.74. The van der Waals surface area contributed by atoms with Crippen LogP contribution in [-0.2, 0) is 0 Å². The van der Waals surface area contributed by atoms with Crippen molar-refractivity contribution < 1.29 is 4.79 Å². The normalized spacial score (nSPS) is 18.0. The Hall–Kier alpha value is -2.34. The quantitative estimate of drug-likeness (QED) is 0.718. The van der Waals surface area contributed by atoms with Crippen molar-refractivity contribution in [3.8, 4) is 0 Å². The maximum absolute atomic E-state index is 12.7. The highest BCUT2D eigenvalue weighted by Gasteiger charge is 2.28. The summed E-state index contributed by atoms with van der Waals surface area (Å²) in [6.45, 7) is 3.34. The van der Waals surface area contributed by atoms with Gasteiger partial charge in [0.1, 0.15) is 5.69 Å². The summed E-state index contributed by atoms with van der Waals surface area (Å²) in [6, 6.07) is 8.20. The van der Waals surface area contributed by atoms with Crippen LogP contribution in [0.15, 0.2) is 36.7 Å². The number of rotatable bonds is 2. The van der Waals surface area contributed by atoms with Gasteiger partial charge in [-0.1, -0.05) is 12.1 Å². The summed E-state index contributed by atoms with van der Waals surface area (Å²) < 4.78 is 1.21. The molecule has 1 aliphatic heterocycles. The molecule has 3 aromatic rings. The van der Waals surface area contributed by atoms with E-state index < -0.39 is 0 Å². The van der Waals surface area contributed by atoms with E-state index in [0.717, 1.165) is 35.6 Å². The van der Waals surface area contributed by atoms with Crippen LogP contribution in [0.3, 0.4) is 0 Å². The van der Waals surface area contributed by atoms with Gasteiger partial charge in [0.25, 0.3) is 5.91 Å². The van der Waals surface area contributed by atoms with E-state index in [-0.39, 0.29) is 5.91 Å². The molecule has 1 fully saturated rings. The first-order chi connectivity index (χ1) is 11.7. The number of piperidine rings is 1. The number of hydrogen-bond donors (Lipinski definition) is 0. The molecular formula is C18H18N4OS. The summed E-state index contributed by atoms with van der Waals surface area (Å²) in [7, 11) is 0. The van der Waals surface area contributed by atoms with Crippen molar-refractivity contribution in [2.24, 2.45) is 0 Å². The van der Waals surface area contributed by atoms with E-state index in [1.807, 2.05) is 30.0 Å². The highest BCUT2D eigenvalue weighted by atomic mass is 32.1. The van der Waals surface area contributed by atoms with Crippen molar-refractivity contribution in [1.29, 1.82) is 0 Å². The lowest BCUT2D eigenvalue weighted by Gasteiger charge is -2.31. The molecule has 0 unspecified atom stereocenters. The molecule has 2 aromatic heterocycles. The Morgan fingerprint density at radius 1 is 1.25 bits per heavy atom. The van der Waals surface area contributed by atoms with Crippen LogP contribution in [0.5, 0.6) is 0 Å². The SMILES string of the molecule is Cc1cnc(C(=O)N2CCC[C@H](c3nc4ccccc4s3)C2)cn1. The Morgan fingerprint density at radius 3 is 2.92 bits per heavy atom. The van der Waals surface area contributed by atoms with Gasteiger partial charge in [0.05, 0.1) is 27.1 Å². The molecule has 1 atom stereocenters. The third-order valence-electron chi connectivity index (χ3n) is 4.37.